The van der Waals surface area contributed by atoms with E-state index in [1.165, 1.54) is 26.2 Å². The van der Waals surface area contributed by atoms with Gasteiger partial charge in [0.05, 0.1) is 32.5 Å². The van der Waals surface area contributed by atoms with E-state index >= 15 is 0 Å². The van der Waals surface area contributed by atoms with Gasteiger partial charge in [-0.1, -0.05) is 30.3 Å². The van der Waals surface area contributed by atoms with Crippen LogP contribution >= 0.6 is 0 Å². The summed E-state index contributed by atoms with van der Waals surface area (Å²) in [6.07, 6.45) is 0.114. The summed E-state index contributed by atoms with van der Waals surface area (Å²) in [5.74, 6) is 0.196. The summed E-state index contributed by atoms with van der Waals surface area (Å²) in [5, 5.41) is 16.5. The lowest BCUT2D eigenvalue weighted by atomic mass is 9.98. The molecular weight excluding hydrogens is 440 g/mol. The molecule has 1 aromatic heterocycles. The molecule has 0 aliphatic carbocycles. The molecule has 0 unspecified atom stereocenters. The van der Waals surface area contributed by atoms with Gasteiger partial charge in [-0.3, -0.25) is 19.1 Å². The highest BCUT2D eigenvalue weighted by atomic mass is 16.5. The van der Waals surface area contributed by atoms with Gasteiger partial charge in [-0.05, 0) is 23.8 Å². The molecule has 2 N–H and O–H groups in total. The first-order chi connectivity index (χ1) is 16.3. The van der Waals surface area contributed by atoms with Crippen molar-refractivity contribution in [3.8, 4) is 17.4 Å². The van der Waals surface area contributed by atoms with E-state index in [0.717, 1.165) is 10.1 Å². The van der Waals surface area contributed by atoms with Gasteiger partial charge in [0.2, 0.25) is 11.8 Å². The molecule has 2 heterocycles. The molecule has 0 bridgehead atoms. The van der Waals surface area contributed by atoms with Crippen molar-refractivity contribution in [2.45, 2.75) is 25.9 Å². The number of carbonyl (C=O) groups excluding carboxylic acids is 1. The van der Waals surface area contributed by atoms with E-state index in [0.29, 0.717) is 17.1 Å². The van der Waals surface area contributed by atoms with E-state index in [1.807, 2.05) is 18.2 Å². The number of aromatic hydroxyl groups is 1. The number of rotatable bonds is 6. The minimum Gasteiger partial charge on any atom is -0.497 e. The normalized spacial score (nSPS) is 15.2. The number of benzene rings is 2. The molecular formula is C24H24N4O6. The third kappa shape index (κ3) is 4.17. The summed E-state index contributed by atoms with van der Waals surface area (Å²) in [6, 6.07) is 13.6. The highest BCUT2D eigenvalue weighted by Gasteiger charge is 2.36. The van der Waals surface area contributed by atoms with Crippen LogP contribution in [0, 0.1) is 0 Å². The van der Waals surface area contributed by atoms with E-state index in [-0.39, 0.29) is 30.1 Å². The van der Waals surface area contributed by atoms with Crippen LogP contribution in [0.1, 0.15) is 36.1 Å². The Hall–Kier alpha value is -4.34. The molecule has 3 aromatic rings. The van der Waals surface area contributed by atoms with Gasteiger partial charge in [0, 0.05) is 18.9 Å². The fraction of sp³-hybridized carbons (Fsp3) is 0.250. The number of H-pyrrole nitrogens is 1. The summed E-state index contributed by atoms with van der Waals surface area (Å²) in [6.45, 7) is 1.40. The molecule has 176 valence electrons. The van der Waals surface area contributed by atoms with Crippen molar-refractivity contribution < 1.29 is 19.4 Å². The summed E-state index contributed by atoms with van der Waals surface area (Å²) >= 11 is 0. The quantitative estimate of drug-likeness (QED) is 0.575. The molecule has 1 amide bonds. The van der Waals surface area contributed by atoms with Crippen molar-refractivity contribution in [3.05, 3.63) is 86.1 Å². The van der Waals surface area contributed by atoms with Crippen LogP contribution in [0.15, 0.2) is 63.2 Å². The number of nitrogens with one attached hydrogen (secondary N) is 1. The SMILES string of the molecule is COc1ccc(OC)c([C@H]2CC(c3c(O)n(Cc4ccccc4)c(=O)[nH]c3=O)=NN2C(C)=O)c1. The molecule has 0 saturated carbocycles. The molecule has 2 aromatic carbocycles. The average Bonchev–Trinajstić information content (AvgIpc) is 3.27. The number of carbonyl (C=O) groups is 1. The third-order valence-corrected chi connectivity index (χ3v) is 5.67. The van der Waals surface area contributed by atoms with Crippen LogP contribution in [-0.2, 0) is 11.3 Å². The molecule has 10 heteroatoms. The number of nitrogens with zero attached hydrogens (tertiary/aromatic N) is 3. The lowest BCUT2D eigenvalue weighted by Crippen LogP contribution is -2.34. The Morgan fingerprint density at radius 1 is 1.15 bits per heavy atom. The molecule has 1 aliphatic rings. The van der Waals surface area contributed by atoms with E-state index in [9.17, 15) is 19.5 Å². The molecule has 34 heavy (non-hydrogen) atoms. The Morgan fingerprint density at radius 2 is 1.88 bits per heavy atom. The Kier molecular flexibility index (Phi) is 6.22. The number of aromatic amines is 1. The van der Waals surface area contributed by atoms with Gasteiger partial charge >= 0.3 is 5.69 Å². The lowest BCUT2D eigenvalue weighted by molar-refractivity contribution is -0.130. The van der Waals surface area contributed by atoms with Gasteiger partial charge in [0.1, 0.15) is 17.1 Å². The molecule has 10 nitrogen and oxygen atoms in total. The van der Waals surface area contributed by atoms with Crippen LogP contribution in [0.25, 0.3) is 0 Å². The molecule has 0 radical (unpaired) electrons. The van der Waals surface area contributed by atoms with Crippen LogP contribution in [0.2, 0.25) is 0 Å². The standard InChI is InChI=1S/C24H24N4O6/c1-14(29)28-19(17-11-16(33-2)9-10-20(17)34-3)12-18(26-28)21-22(30)25-24(32)27(23(21)31)13-15-7-5-4-6-8-15/h4-11,19,31H,12-13H2,1-3H3,(H,25,30,32)/t19-/m1/s1. The first-order valence-electron chi connectivity index (χ1n) is 10.5. The van der Waals surface area contributed by atoms with Gasteiger partial charge in [0.15, 0.2) is 0 Å². The second kappa shape index (κ2) is 9.26. The number of methoxy groups -OCH3 is 2. The minimum atomic E-state index is -0.785. The van der Waals surface area contributed by atoms with Crippen LogP contribution in [-0.4, -0.2) is 45.5 Å². The maximum absolute atomic E-state index is 12.7. The lowest BCUT2D eigenvalue weighted by Gasteiger charge is -2.22. The van der Waals surface area contributed by atoms with Crippen molar-refractivity contribution in [3.63, 3.8) is 0 Å². The fourth-order valence-corrected chi connectivity index (χ4v) is 4.03. The van der Waals surface area contributed by atoms with Crippen LogP contribution in [0.3, 0.4) is 0 Å². The van der Waals surface area contributed by atoms with Gasteiger partial charge in [0.25, 0.3) is 5.56 Å². The Balaban J connectivity index is 1.79. The zero-order valence-corrected chi connectivity index (χ0v) is 18.9. The number of aromatic nitrogens is 2. The number of ether oxygens (including phenoxy) is 2. The van der Waals surface area contributed by atoms with Crippen LogP contribution in [0.4, 0.5) is 0 Å². The number of amides is 1. The molecule has 1 aliphatic heterocycles. The smallest absolute Gasteiger partial charge is 0.331 e. The molecule has 0 spiro atoms. The van der Waals surface area contributed by atoms with E-state index in [1.54, 1.807) is 30.3 Å². The maximum atomic E-state index is 12.7. The predicted octanol–water partition coefficient (Wildman–Crippen LogP) is 2.01. The number of hydrogen-bond acceptors (Lipinski definition) is 7. The van der Waals surface area contributed by atoms with Gasteiger partial charge in [-0.25, -0.2) is 9.80 Å². The first-order valence-corrected chi connectivity index (χ1v) is 10.5. The Labute approximate surface area is 194 Å². The molecule has 0 saturated heterocycles. The van der Waals surface area contributed by atoms with Crippen LogP contribution < -0.4 is 20.7 Å². The first kappa shape index (κ1) is 22.8. The summed E-state index contributed by atoms with van der Waals surface area (Å²) in [4.78, 5) is 39.9. The minimum absolute atomic E-state index is 0.0477. The molecule has 0 fully saturated rings. The van der Waals surface area contributed by atoms with Crippen molar-refractivity contribution in [1.82, 2.24) is 14.6 Å². The fourth-order valence-electron chi connectivity index (χ4n) is 4.03. The zero-order chi connectivity index (χ0) is 24.4. The molecule has 1 atom stereocenters. The Bertz CT molecular complexity index is 1380. The second-order valence-corrected chi connectivity index (χ2v) is 7.77. The average molecular weight is 464 g/mol. The monoisotopic (exact) mass is 464 g/mol. The highest BCUT2D eigenvalue weighted by Crippen LogP contribution is 2.39. The highest BCUT2D eigenvalue weighted by molar-refractivity contribution is 6.04. The van der Waals surface area contributed by atoms with E-state index in [4.69, 9.17) is 9.47 Å². The predicted molar refractivity (Wildman–Crippen MR) is 124 cm³/mol. The Morgan fingerprint density at radius 3 is 2.53 bits per heavy atom. The largest absolute Gasteiger partial charge is 0.497 e. The zero-order valence-electron chi connectivity index (χ0n) is 18.9. The second-order valence-electron chi connectivity index (χ2n) is 7.77. The van der Waals surface area contributed by atoms with Crippen molar-refractivity contribution in [1.29, 1.82) is 0 Å². The van der Waals surface area contributed by atoms with Crippen molar-refractivity contribution in [2.75, 3.05) is 14.2 Å². The number of hydrogen-bond donors (Lipinski definition) is 2. The summed E-state index contributed by atoms with van der Waals surface area (Å²) < 4.78 is 11.8. The van der Waals surface area contributed by atoms with Crippen LogP contribution in [0.5, 0.6) is 17.4 Å². The summed E-state index contributed by atoms with van der Waals surface area (Å²) in [7, 11) is 3.04. The van der Waals surface area contributed by atoms with Crippen molar-refractivity contribution in [2.24, 2.45) is 5.10 Å². The van der Waals surface area contributed by atoms with Gasteiger partial charge in [-0.15, -0.1) is 0 Å². The van der Waals surface area contributed by atoms with Gasteiger partial charge in [-0.2, -0.15) is 5.10 Å². The van der Waals surface area contributed by atoms with Crippen molar-refractivity contribution >= 4 is 11.6 Å². The van der Waals surface area contributed by atoms with E-state index < -0.39 is 23.2 Å². The number of hydrazone groups is 1. The molecule has 4 rings (SSSR count). The maximum Gasteiger partial charge on any atom is 0.331 e. The topological polar surface area (TPSA) is 126 Å². The van der Waals surface area contributed by atoms with Gasteiger partial charge < -0.3 is 14.6 Å². The summed E-state index contributed by atoms with van der Waals surface area (Å²) in [5.41, 5.74) is -0.132. The van der Waals surface area contributed by atoms with E-state index in [2.05, 4.69) is 10.1 Å². The third-order valence-electron chi connectivity index (χ3n) is 5.67.